The van der Waals surface area contributed by atoms with Crippen LogP contribution < -0.4 is 10.6 Å². The Hall–Kier alpha value is -1.10. The maximum atomic E-state index is 5.58. The number of aromatic nitrogens is 2. The zero-order valence-corrected chi connectivity index (χ0v) is 12.4. The number of rotatable bonds is 8. The molecule has 0 aliphatic heterocycles. The summed E-state index contributed by atoms with van der Waals surface area (Å²) >= 11 is 0. The topological polar surface area (TPSA) is 63.0 Å². The highest BCUT2D eigenvalue weighted by Gasteiger charge is 2.21. The van der Waals surface area contributed by atoms with Crippen LogP contribution in [0.1, 0.15) is 46.4 Å². The van der Waals surface area contributed by atoms with E-state index in [1.807, 2.05) is 0 Å². The molecular weight excluding hydrogens is 240 g/mol. The quantitative estimate of drug-likeness (QED) is 0.757. The molecule has 108 valence electrons. The largest absolute Gasteiger partial charge is 0.407 e. The van der Waals surface area contributed by atoms with Crippen LogP contribution in [-0.2, 0) is 6.54 Å². The minimum atomic E-state index is 0.541. The number of hydrogen-bond acceptors (Lipinski definition) is 5. The highest BCUT2D eigenvalue weighted by molar-refractivity contribution is 5.17. The summed E-state index contributed by atoms with van der Waals surface area (Å²) in [5.74, 6) is 2.57. The lowest BCUT2D eigenvalue weighted by atomic mass is 9.85. The van der Waals surface area contributed by atoms with Crippen molar-refractivity contribution in [2.75, 3.05) is 11.9 Å². The first-order valence-corrected chi connectivity index (χ1v) is 7.36. The van der Waals surface area contributed by atoms with E-state index in [1.165, 1.54) is 12.8 Å². The second-order valence-electron chi connectivity index (χ2n) is 6.19. The zero-order valence-electron chi connectivity index (χ0n) is 12.4. The molecule has 1 aliphatic carbocycles. The van der Waals surface area contributed by atoms with Crippen molar-refractivity contribution < 1.29 is 4.42 Å². The van der Waals surface area contributed by atoms with Crippen LogP contribution in [0.15, 0.2) is 4.42 Å². The van der Waals surface area contributed by atoms with Gasteiger partial charge in [0.1, 0.15) is 0 Å². The predicted octanol–water partition coefficient (Wildman–Crippen LogP) is 2.66. The molecule has 0 unspecified atom stereocenters. The van der Waals surface area contributed by atoms with Gasteiger partial charge in [0, 0.05) is 12.6 Å². The number of hydrogen-bond donors (Lipinski definition) is 2. The van der Waals surface area contributed by atoms with Crippen LogP contribution in [0.4, 0.5) is 6.01 Å². The SMILES string of the molecule is CC(C)C(CNc1nnc(CNC2CC2)o1)C(C)C. The minimum absolute atomic E-state index is 0.541. The second-order valence-corrected chi connectivity index (χ2v) is 6.19. The van der Waals surface area contributed by atoms with Crippen LogP contribution >= 0.6 is 0 Å². The van der Waals surface area contributed by atoms with Crippen LogP contribution in [0.25, 0.3) is 0 Å². The summed E-state index contributed by atoms with van der Waals surface area (Å²) in [5.41, 5.74) is 0. The molecule has 0 radical (unpaired) electrons. The first-order chi connectivity index (χ1) is 9.06. The van der Waals surface area contributed by atoms with Gasteiger partial charge < -0.3 is 15.1 Å². The molecule has 1 aromatic heterocycles. The van der Waals surface area contributed by atoms with E-state index in [1.54, 1.807) is 0 Å². The maximum Gasteiger partial charge on any atom is 0.315 e. The van der Waals surface area contributed by atoms with Crippen LogP contribution in [0.2, 0.25) is 0 Å². The first-order valence-electron chi connectivity index (χ1n) is 7.36. The van der Waals surface area contributed by atoms with Crippen molar-refractivity contribution in [2.45, 2.75) is 53.1 Å². The Kier molecular flexibility index (Phi) is 4.80. The van der Waals surface area contributed by atoms with E-state index < -0.39 is 0 Å². The molecule has 0 atom stereocenters. The van der Waals surface area contributed by atoms with E-state index in [-0.39, 0.29) is 0 Å². The fourth-order valence-corrected chi connectivity index (χ4v) is 2.36. The van der Waals surface area contributed by atoms with Gasteiger partial charge in [-0.3, -0.25) is 0 Å². The van der Waals surface area contributed by atoms with Crippen molar-refractivity contribution in [2.24, 2.45) is 17.8 Å². The molecule has 5 heteroatoms. The van der Waals surface area contributed by atoms with Crippen molar-refractivity contribution >= 4 is 6.01 Å². The van der Waals surface area contributed by atoms with E-state index in [4.69, 9.17) is 4.42 Å². The molecule has 2 rings (SSSR count). The van der Waals surface area contributed by atoms with Crippen molar-refractivity contribution in [1.29, 1.82) is 0 Å². The van der Waals surface area contributed by atoms with E-state index in [0.717, 1.165) is 6.54 Å². The summed E-state index contributed by atoms with van der Waals surface area (Å²) < 4.78 is 5.58. The van der Waals surface area contributed by atoms with Gasteiger partial charge in [0.15, 0.2) is 0 Å². The van der Waals surface area contributed by atoms with Crippen LogP contribution in [0, 0.1) is 17.8 Å². The van der Waals surface area contributed by atoms with Crippen LogP contribution in [0.5, 0.6) is 0 Å². The summed E-state index contributed by atoms with van der Waals surface area (Å²) in [5, 5.41) is 14.7. The van der Waals surface area contributed by atoms with Gasteiger partial charge in [-0.2, -0.15) is 0 Å². The molecule has 1 heterocycles. The van der Waals surface area contributed by atoms with E-state index in [2.05, 4.69) is 48.5 Å². The highest BCUT2D eigenvalue weighted by atomic mass is 16.4. The number of nitrogens with one attached hydrogen (secondary N) is 2. The molecule has 1 aliphatic rings. The Bertz CT molecular complexity index is 377. The monoisotopic (exact) mass is 266 g/mol. The molecule has 0 amide bonds. The predicted molar refractivity (Wildman–Crippen MR) is 75.8 cm³/mol. The fourth-order valence-electron chi connectivity index (χ4n) is 2.36. The molecule has 5 nitrogen and oxygen atoms in total. The van der Waals surface area contributed by atoms with Gasteiger partial charge in [0.25, 0.3) is 0 Å². The standard InChI is InChI=1S/C14H26N4O/c1-9(2)12(10(3)4)7-16-14-18-17-13(19-14)8-15-11-5-6-11/h9-12,15H,5-8H2,1-4H3,(H,16,18). The molecule has 1 saturated carbocycles. The van der Waals surface area contributed by atoms with Gasteiger partial charge in [0.2, 0.25) is 5.89 Å². The third-order valence-electron chi connectivity index (χ3n) is 3.79. The van der Waals surface area contributed by atoms with Crippen molar-refractivity contribution in [1.82, 2.24) is 15.5 Å². The highest BCUT2D eigenvalue weighted by Crippen LogP contribution is 2.21. The molecule has 0 spiro atoms. The Morgan fingerprint density at radius 2 is 1.84 bits per heavy atom. The summed E-state index contributed by atoms with van der Waals surface area (Å²) in [6.07, 6.45) is 2.54. The number of anilines is 1. The normalized spacial score (nSPS) is 15.7. The summed E-state index contributed by atoms with van der Waals surface area (Å²) in [6, 6.07) is 1.20. The van der Waals surface area contributed by atoms with E-state index in [9.17, 15) is 0 Å². The van der Waals surface area contributed by atoms with Gasteiger partial charge in [-0.1, -0.05) is 32.8 Å². The first kappa shape index (κ1) is 14.3. The molecular formula is C14H26N4O. The lowest BCUT2D eigenvalue weighted by Gasteiger charge is -2.24. The van der Waals surface area contributed by atoms with Crippen molar-refractivity contribution in [3.8, 4) is 0 Å². The van der Waals surface area contributed by atoms with Crippen molar-refractivity contribution in [3.05, 3.63) is 5.89 Å². The zero-order chi connectivity index (χ0) is 13.8. The smallest absolute Gasteiger partial charge is 0.315 e. The van der Waals surface area contributed by atoms with E-state index in [0.29, 0.717) is 42.2 Å². The molecule has 1 fully saturated rings. The summed E-state index contributed by atoms with van der Waals surface area (Å²) in [4.78, 5) is 0. The van der Waals surface area contributed by atoms with E-state index >= 15 is 0 Å². The van der Waals surface area contributed by atoms with Crippen LogP contribution in [-0.4, -0.2) is 22.8 Å². The Labute approximate surface area is 115 Å². The van der Waals surface area contributed by atoms with Gasteiger partial charge in [-0.15, -0.1) is 5.10 Å². The molecule has 1 aromatic rings. The van der Waals surface area contributed by atoms with Crippen molar-refractivity contribution in [3.63, 3.8) is 0 Å². The number of nitrogens with zero attached hydrogens (tertiary/aromatic N) is 2. The molecule has 0 saturated heterocycles. The summed E-state index contributed by atoms with van der Waals surface area (Å²) in [6.45, 7) is 10.6. The van der Waals surface area contributed by atoms with Gasteiger partial charge in [0.05, 0.1) is 6.54 Å². The van der Waals surface area contributed by atoms with Gasteiger partial charge in [-0.25, -0.2) is 0 Å². The fraction of sp³-hybridized carbons (Fsp3) is 0.857. The Morgan fingerprint density at radius 3 is 2.42 bits per heavy atom. The van der Waals surface area contributed by atoms with Gasteiger partial charge >= 0.3 is 6.01 Å². The average molecular weight is 266 g/mol. The third kappa shape index (κ3) is 4.49. The van der Waals surface area contributed by atoms with Crippen LogP contribution in [0.3, 0.4) is 0 Å². The van der Waals surface area contributed by atoms with Gasteiger partial charge in [-0.05, 0) is 30.6 Å². The summed E-state index contributed by atoms with van der Waals surface area (Å²) in [7, 11) is 0. The maximum absolute atomic E-state index is 5.58. The minimum Gasteiger partial charge on any atom is -0.407 e. The average Bonchev–Trinajstić information content (AvgIpc) is 3.06. The third-order valence-corrected chi connectivity index (χ3v) is 3.79. The Morgan fingerprint density at radius 1 is 1.16 bits per heavy atom. The Balaban J connectivity index is 1.78. The molecule has 0 aromatic carbocycles. The molecule has 19 heavy (non-hydrogen) atoms. The second kappa shape index (κ2) is 6.37. The molecule has 0 bridgehead atoms. The lowest BCUT2D eigenvalue weighted by molar-refractivity contribution is 0.302. The molecule has 2 N–H and O–H groups in total. The lowest BCUT2D eigenvalue weighted by Crippen LogP contribution is -2.24.